The zero-order chi connectivity index (χ0) is 20.1. The minimum atomic E-state index is -0.0531. The van der Waals surface area contributed by atoms with Crippen molar-refractivity contribution in [3.63, 3.8) is 0 Å². The predicted molar refractivity (Wildman–Crippen MR) is 114 cm³/mol. The summed E-state index contributed by atoms with van der Waals surface area (Å²) in [5.74, 6) is 0.661. The van der Waals surface area contributed by atoms with E-state index >= 15 is 0 Å². The molecule has 152 valence electrons. The molecular weight excluding hydrogens is 364 g/mol. The SMILES string of the molecule is O=C(NCC1CC1)N1CCCN(C(=O)N(c2ccccc2)c2ccccc2)CC1. The molecule has 2 aromatic carbocycles. The van der Waals surface area contributed by atoms with Crippen molar-refractivity contribution in [3.05, 3.63) is 60.7 Å². The van der Waals surface area contributed by atoms with Crippen molar-refractivity contribution in [2.75, 3.05) is 37.6 Å². The van der Waals surface area contributed by atoms with Crippen LogP contribution in [0.4, 0.5) is 21.0 Å². The highest BCUT2D eigenvalue weighted by Crippen LogP contribution is 2.28. The summed E-state index contributed by atoms with van der Waals surface area (Å²) in [4.78, 5) is 31.4. The summed E-state index contributed by atoms with van der Waals surface area (Å²) in [6, 6.07) is 19.4. The average molecular weight is 393 g/mol. The number of hydrogen-bond acceptors (Lipinski definition) is 2. The maximum absolute atomic E-state index is 13.5. The molecule has 6 nitrogen and oxygen atoms in total. The average Bonchev–Trinajstić information content (AvgIpc) is 3.60. The quantitative estimate of drug-likeness (QED) is 0.853. The Bertz CT molecular complexity index is 784. The molecule has 2 aliphatic rings. The molecule has 0 radical (unpaired) electrons. The van der Waals surface area contributed by atoms with E-state index in [-0.39, 0.29) is 12.1 Å². The summed E-state index contributed by atoms with van der Waals surface area (Å²) in [5, 5.41) is 3.03. The molecule has 1 saturated carbocycles. The molecule has 1 aliphatic carbocycles. The normalized spacial score (nSPS) is 16.8. The molecular formula is C23H28N4O2. The number of nitrogens with one attached hydrogen (secondary N) is 1. The van der Waals surface area contributed by atoms with Gasteiger partial charge < -0.3 is 15.1 Å². The highest BCUT2D eigenvalue weighted by molar-refractivity contribution is 5.99. The van der Waals surface area contributed by atoms with Gasteiger partial charge in [0.1, 0.15) is 0 Å². The zero-order valence-electron chi connectivity index (χ0n) is 16.7. The van der Waals surface area contributed by atoms with E-state index in [1.165, 1.54) is 12.8 Å². The summed E-state index contributed by atoms with van der Waals surface area (Å²) in [7, 11) is 0. The Morgan fingerprint density at radius 1 is 0.828 bits per heavy atom. The number of carbonyl (C=O) groups is 2. The topological polar surface area (TPSA) is 55.9 Å². The molecule has 0 atom stereocenters. The maximum Gasteiger partial charge on any atom is 0.329 e. The number of nitrogens with zero attached hydrogens (tertiary/aromatic N) is 3. The van der Waals surface area contributed by atoms with Crippen molar-refractivity contribution >= 4 is 23.4 Å². The standard InChI is InChI=1S/C23H28N4O2/c28-22(24-18-19-12-13-19)25-14-7-15-26(17-16-25)23(29)27(20-8-3-1-4-9-20)21-10-5-2-6-11-21/h1-6,8-11,19H,7,12-18H2,(H,24,28). The van der Waals surface area contributed by atoms with Gasteiger partial charge in [0.15, 0.2) is 0 Å². The Morgan fingerprint density at radius 3 is 1.97 bits per heavy atom. The van der Waals surface area contributed by atoms with Crippen LogP contribution in [-0.4, -0.2) is 54.6 Å². The van der Waals surface area contributed by atoms with Crippen molar-refractivity contribution < 1.29 is 9.59 Å². The van der Waals surface area contributed by atoms with Gasteiger partial charge in [-0.05, 0) is 49.4 Å². The van der Waals surface area contributed by atoms with Gasteiger partial charge in [0.05, 0.1) is 11.4 Å². The molecule has 1 saturated heterocycles. The third-order valence-electron chi connectivity index (χ3n) is 5.51. The molecule has 4 amide bonds. The molecule has 2 fully saturated rings. The van der Waals surface area contributed by atoms with Crippen LogP contribution in [0.15, 0.2) is 60.7 Å². The van der Waals surface area contributed by atoms with Gasteiger partial charge in [-0.3, -0.25) is 4.90 Å². The van der Waals surface area contributed by atoms with Crippen LogP contribution in [0.25, 0.3) is 0 Å². The summed E-state index contributed by atoms with van der Waals surface area (Å²) >= 11 is 0. The van der Waals surface area contributed by atoms with Crippen molar-refractivity contribution in [1.82, 2.24) is 15.1 Å². The van der Waals surface area contributed by atoms with Crippen LogP contribution in [0.1, 0.15) is 19.3 Å². The fourth-order valence-corrected chi connectivity index (χ4v) is 3.64. The first kappa shape index (κ1) is 19.3. The van der Waals surface area contributed by atoms with Crippen molar-refractivity contribution in [3.8, 4) is 0 Å². The number of para-hydroxylation sites is 2. The summed E-state index contributed by atoms with van der Waals surface area (Å²) in [5.41, 5.74) is 1.68. The van der Waals surface area contributed by atoms with Crippen molar-refractivity contribution in [2.24, 2.45) is 5.92 Å². The maximum atomic E-state index is 13.5. The molecule has 0 bridgehead atoms. The molecule has 1 heterocycles. The third kappa shape index (κ3) is 4.88. The molecule has 0 aromatic heterocycles. The highest BCUT2D eigenvalue weighted by atomic mass is 16.2. The molecule has 2 aromatic rings. The van der Waals surface area contributed by atoms with E-state index in [1.807, 2.05) is 70.5 Å². The number of hydrogen-bond donors (Lipinski definition) is 1. The second-order valence-electron chi connectivity index (χ2n) is 7.75. The van der Waals surface area contributed by atoms with E-state index in [0.717, 1.165) is 24.3 Å². The van der Waals surface area contributed by atoms with Gasteiger partial charge in [-0.2, -0.15) is 0 Å². The lowest BCUT2D eigenvalue weighted by Crippen LogP contribution is -2.45. The highest BCUT2D eigenvalue weighted by Gasteiger charge is 2.28. The van der Waals surface area contributed by atoms with Crippen molar-refractivity contribution in [2.45, 2.75) is 19.3 Å². The monoisotopic (exact) mass is 392 g/mol. The van der Waals surface area contributed by atoms with E-state index in [4.69, 9.17) is 0 Å². The van der Waals surface area contributed by atoms with Crippen molar-refractivity contribution in [1.29, 1.82) is 0 Å². The van der Waals surface area contributed by atoms with Gasteiger partial charge in [0, 0.05) is 32.7 Å². The number of carbonyl (C=O) groups excluding carboxylic acids is 2. The molecule has 0 unspecified atom stereocenters. The lowest BCUT2D eigenvalue weighted by atomic mass is 10.2. The van der Waals surface area contributed by atoms with Crippen LogP contribution in [0.3, 0.4) is 0 Å². The Labute approximate surface area is 172 Å². The first-order valence-electron chi connectivity index (χ1n) is 10.4. The lowest BCUT2D eigenvalue weighted by Gasteiger charge is -2.30. The van der Waals surface area contributed by atoms with Gasteiger partial charge in [-0.25, -0.2) is 9.59 Å². The Balaban J connectivity index is 1.45. The van der Waals surface area contributed by atoms with Crippen LogP contribution in [0.2, 0.25) is 0 Å². The third-order valence-corrected chi connectivity index (χ3v) is 5.51. The number of urea groups is 2. The number of benzene rings is 2. The Hall–Kier alpha value is -3.02. The molecule has 6 heteroatoms. The Morgan fingerprint density at radius 2 is 1.38 bits per heavy atom. The molecule has 1 aliphatic heterocycles. The molecule has 4 rings (SSSR count). The van der Waals surface area contributed by atoms with Gasteiger partial charge >= 0.3 is 12.1 Å². The van der Waals surface area contributed by atoms with Crippen LogP contribution >= 0.6 is 0 Å². The van der Waals surface area contributed by atoms with Crippen LogP contribution < -0.4 is 10.2 Å². The smallest absolute Gasteiger partial charge is 0.329 e. The second-order valence-corrected chi connectivity index (χ2v) is 7.75. The predicted octanol–water partition coefficient (Wildman–Crippen LogP) is 4.07. The van der Waals surface area contributed by atoms with E-state index < -0.39 is 0 Å². The fraction of sp³-hybridized carbons (Fsp3) is 0.391. The first-order valence-corrected chi connectivity index (χ1v) is 10.4. The molecule has 1 N–H and O–H groups in total. The van der Waals surface area contributed by atoms with E-state index in [0.29, 0.717) is 32.1 Å². The van der Waals surface area contributed by atoms with Gasteiger partial charge in [0.2, 0.25) is 0 Å². The molecule has 29 heavy (non-hydrogen) atoms. The summed E-state index contributed by atoms with van der Waals surface area (Å²) in [6.45, 7) is 3.18. The molecule has 0 spiro atoms. The largest absolute Gasteiger partial charge is 0.338 e. The van der Waals surface area contributed by atoms with Gasteiger partial charge in [-0.1, -0.05) is 36.4 Å². The summed E-state index contributed by atoms with van der Waals surface area (Å²) in [6.07, 6.45) is 3.22. The fourth-order valence-electron chi connectivity index (χ4n) is 3.64. The number of rotatable bonds is 4. The zero-order valence-corrected chi connectivity index (χ0v) is 16.7. The van der Waals surface area contributed by atoms with Crippen LogP contribution in [0.5, 0.6) is 0 Å². The van der Waals surface area contributed by atoms with E-state index in [1.54, 1.807) is 4.90 Å². The minimum Gasteiger partial charge on any atom is -0.338 e. The second kappa shape index (κ2) is 8.99. The number of anilines is 2. The van der Waals surface area contributed by atoms with E-state index in [2.05, 4.69) is 5.32 Å². The van der Waals surface area contributed by atoms with Crippen LogP contribution in [-0.2, 0) is 0 Å². The summed E-state index contributed by atoms with van der Waals surface area (Å²) < 4.78 is 0. The minimum absolute atomic E-state index is 0.00539. The van der Waals surface area contributed by atoms with E-state index in [9.17, 15) is 9.59 Å². The van der Waals surface area contributed by atoms with Gasteiger partial charge in [0.25, 0.3) is 0 Å². The lowest BCUT2D eigenvalue weighted by molar-refractivity contribution is 0.194. The number of amides is 4. The van der Waals surface area contributed by atoms with Gasteiger partial charge in [-0.15, -0.1) is 0 Å². The Kier molecular flexibility index (Phi) is 5.98. The van der Waals surface area contributed by atoms with Crippen LogP contribution in [0, 0.1) is 5.92 Å². The first-order chi connectivity index (χ1) is 14.2.